The van der Waals surface area contributed by atoms with Crippen molar-refractivity contribution >= 4 is 17.6 Å². The molecule has 6 nitrogen and oxygen atoms in total. The summed E-state index contributed by atoms with van der Waals surface area (Å²) in [5, 5.41) is 6.40. The number of carbonyl (C=O) groups excluding carboxylic acids is 1. The Bertz CT molecular complexity index is 817. The highest BCUT2D eigenvalue weighted by molar-refractivity contribution is 5.85. The number of hydrogen-bond acceptors (Lipinski definition) is 3. The van der Waals surface area contributed by atoms with E-state index in [0.717, 1.165) is 25.1 Å². The van der Waals surface area contributed by atoms with Crippen LogP contribution in [-0.4, -0.2) is 62.6 Å². The molecule has 0 bridgehead atoms. The van der Waals surface area contributed by atoms with Gasteiger partial charge >= 0.3 is 0 Å². The molecule has 1 aliphatic rings. The lowest BCUT2D eigenvalue weighted by Crippen LogP contribution is -2.49. The molecule has 1 amide bonds. The maximum atomic E-state index is 13.0. The molecule has 1 heterocycles. The van der Waals surface area contributed by atoms with Crippen molar-refractivity contribution in [2.45, 2.75) is 13.3 Å². The lowest BCUT2D eigenvalue weighted by Gasteiger charge is -2.36. The number of hydrogen-bond donors (Lipinski definition) is 2. The highest BCUT2D eigenvalue weighted by Gasteiger charge is 2.20. The monoisotopic (exact) mass is 411 g/mol. The van der Waals surface area contributed by atoms with Gasteiger partial charge in [0.2, 0.25) is 5.91 Å². The Morgan fingerprint density at radius 3 is 2.37 bits per heavy atom. The number of anilines is 1. The second-order valence-electron chi connectivity index (χ2n) is 7.20. The normalized spacial score (nSPS) is 14.5. The van der Waals surface area contributed by atoms with E-state index in [2.05, 4.69) is 32.7 Å². The van der Waals surface area contributed by atoms with Gasteiger partial charge in [-0.2, -0.15) is 0 Å². The number of nitrogens with zero attached hydrogens (tertiary/aromatic N) is 3. The summed E-state index contributed by atoms with van der Waals surface area (Å²) in [6, 6.07) is 16.8. The number of carbonyl (C=O) groups is 1. The second-order valence-corrected chi connectivity index (χ2v) is 7.20. The van der Waals surface area contributed by atoms with E-state index in [1.807, 2.05) is 30.0 Å². The Hall–Kier alpha value is -3.09. The molecule has 1 saturated heterocycles. The summed E-state index contributed by atoms with van der Waals surface area (Å²) in [6.07, 6.45) is 0.750. The van der Waals surface area contributed by atoms with E-state index in [1.54, 1.807) is 12.1 Å². The predicted molar refractivity (Wildman–Crippen MR) is 119 cm³/mol. The molecule has 0 saturated carbocycles. The van der Waals surface area contributed by atoms with Crippen LogP contribution in [-0.2, 0) is 11.2 Å². The van der Waals surface area contributed by atoms with Crippen LogP contribution in [0.3, 0.4) is 0 Å². The fourth-order valence-corrected chi connectivity index (χ4v) is 3.42. The lowest BCUT2D eigenvalue weighted by atomic mass is 10.1. The van der Waals surface area contributed by atoms with Gasteiger partial charge in [0.25, 0.3) is 0 Å². The number of para-hydroxylation sites is 1. The molecule has 3 rings (SSSR count). The van der Waals surface area contributed by atoms with Gasteiger partial charge in [0.1, 0.15) is 12.4 Å². The van der Waals surface area contributed by atoms with Gasteiger partial charge in [-0.3, -0.25) is 4.79 Å². The highest BCUT2D eigenvalue weighted by Crippen LogP contribution is 2.15. The summed E-state index contributed by atoms with van der Waals surface area (Å²) in [4.78, 5) is 21.2. The minimum Gasteiger partial charge on any atom is -0.368 e. The molecule has 30 heavy (non-hydrogen) atoms. The van der Waals surface area contributed by atoms with Gasteiger partial charge < -0.3 is 20.4 Å². The molecule has 2 aromatic carbocycles. The second kappa shape index (κ2) is 11.2. The molecular weight excluding hydrogens is 381 g/mol. The van der Waals surface area contributed by atoms with Crippen LogP contribution in [0.15, 0.2) is 59.6 Å². The maximum Gasteiger partial charge on any atom is 0.244 e. The van der Waals surface area contributed by atoms with Crippen molar-refractivity contribution in [2.75, 3.05) is 50.7 Å². The fourth-order valence-electron chi connectivity index (χ4n) is 3.42. The molecule has 0 radical (unpaired) electrons. The van der Waals surface area contributed by atoms with Crippen LogP contribution in [0, 0.1) is 5.82 Å². The number of aliphatic imine (C=N–C) groups is 1. The van der Waals surface area contributed by atoms with E-state index in [9.17, 15) is 9.18 Å². The molecule has 0 atom stereocenters. The molecule has 0 aromatic heterocycles. The summed E-state index contributed by atoms with van der Waals surface area (Å²) in [5.74, 6) is 0.430. The lowest BCUT2D eigenvalue weighted by molar-refractivity contribution is -0.129. The van der Waals surface area contributed by atoms with Gasteiger partial charge in [0.15, 0.2) is 5.96 Å². The number of piperazine rings is 1. The Labute approximate surface area is 177 Å². The first-order valence-corrected chi connectivity index (χ1v) is 10.5. The van der Waals surface area contributed by atoms with Crippen molar-refractivity contribution in [1.29, 1.82) is 0 Å². The SMILES string of the molecule is CCNC(=NCC(=O)N1CCN(c2ccccc2)CC1)NCCc1ccc(F)cc1. The predicted octanol–water partition coefficient (Wildman–Crippen LogP) is 2.27. The first kappa shape index (κ1) is 21.6. The van der Waals surface area contributed by atoms with Gasteiger partial charge in [-0.25, -0.2) is 9.38 Å². The number of guanidine groups is 1. The van der Waals surface area contributed by atoms with Gasteiger partial charge in [-0.1, -0.05) is 30.3 Å². The summed E-state index contributed by atoms with van der Waals surface area (Å²) in [7, 11) is 0. The largest absolute Gasteiger partial charge is 0.368 e. The van der Waals surface area contributed by atoms with Gasteiger partial charge in [-0.05, 0) is 43.2 Å². The zero-order chi connectivity index (χ0) is 21.2. The van der Waals surface area contributed by atoms with Crippen molar-refractivity contribution in [3.63, 3.8) is 0 Å². The molecule has 7 heteroatoms. The van der Waals surface area contributed by atoms with E-state index >= 15 is 0 Å². The van der Waals surface area contributed by atoms with Crippen molar-refractivity contribution in [2.24, 2.45) is 4.99 Å². The third kappa shape index (κ3) is 6.47. The van der Waals surface area contributed by atoms with Crippen LogP contribution >= 0.6 is 0 Å². The average molecular weight is 412 g/mol. The summed E-state index contributed by atoms with van der Waals surface area (Å²) >= 11 is 0. The molecule has 0 unspecified atom stereocenters. The van der Waals surface area contributed by atoms with Crippen molar-refractivity contribution < 1.29 is 9.18 Å². The third-order valence-electron chi connectivity index (χ3n) is 5.09. The Morgan fingerprint density at radius 2 is 1.70 bits per heavy atom. The molecule has 2 N–H and O–H groups in total. The van der Waals surface area contributed by atoms with Crippen LogP contribution in [0.1, 0.15) is 12.5 Å². The molecule has 160 valence electrons. The Kier molecular flexibility index (Phi) is 8.06. The summed E-state index contributed by atoms with van der Waals surface area (Å²) in [5.41, 5.74) is 2.24. The zero-order valence-corrected chi connectivity index (χ0v) is 17.5. The number of amides is 1. The quantitative estimate of drug-likeness (QED) is 0.542. The number of halogens is 1. The van der Waals surface area contributed by atoms with E-state index < -0.39 is 0 Å². The topological polar surface area (TPSA) is 60.0 Å². The van der Waals surface area contributed by atoms with Gasteiger partial charge in [0, 0.05) is 45.0 Å². The summed E-state index contributed by atoms with van der Waals surface area (Å²) < 4.78 is 13.0. The van der Waals surface area contributed by atoms with Crippen LogP contribution in [0.2, 0.25) is 0 Å². The van der Waals surface area contributed by atoms with Gasteiger partial charge in [-0.15, -0.1) is 0 Å². The van der Waals surface area contributed by atoms with Crippen molar-refractivity contribution in [3.05, 3.63) is 66.0 Å². The third-order valence-corrected chi connectivity index (χ3v) is 5.09. The molecular formula is C23H30FN5O. The average Bonchev–Trinajstić information content (AvgIpc) is 2.79. The number of rotatable bonds is 7. The molecule has 0 spiro atoms. The highest BCUT2D eigenvalue weighted by atomic mass is 19.1. The van der Waals surface area contributed by atoms with Crippen molar-refractivity contribution in [1.82, 2.24) is 15.5 Å². The van der Waals surface area contributed by atoms with Crippen LogP contribution in [0.4, 0.5) is 10.1 Å². The number of nitrogens with one attached hydrogen (secondary N) is 2. The fraction of sp³-hybridized carbons (Fsp3) is 0.391. The maximum absolute atomic E-state index is 13.0. The first-order valence-electron chi connectivity index (χ1n) is 10.5. The smallest absolute Gasteiger partial charge is 0.244 e. The van der Waals surface area contributed by atoms with Crippen LogP contribution < -0.4 is 15.5 Å². The number of benzene rings is 2. The van der Waals surface area contributed by atoms with Gasteiger partial charge in [0.05, 0.1) is 0 Å². The van der Waals surface area contributed by atoms with E-state index in [0.29, 0.717) is 32.1 Å². The minimum atomic E-state index is -0.232. The summed E-state index contributed by atoms with van der Waals surface area (Å²) in [6.45, 7) is 6.55. The first-order chi connectivity index (χ1) is 14.7. The van der Waals surface area contributed by atoms with E-state index in [1.165, 1.54) is 17.8 Å². The Balaban J connectivity index is 1.44. The molecule has 0 aliphatic carbocycles. The standard InChI is InChI=1S/C23H30FN5O/c1-2-25-23(26-13-12-19-8-10-20(24)11-9-19)27-18-22(30)29-16-14-28(15-17-29)21-6-4-3-5-7-21/h3-11H,2,12-18H2,1H3,(H2,25,26,27). The molecule has 1 aliphatic heterocycles. The molecule has 1 fully saturated rings. The van der Waals surface area contributed by atoms with Crippen LogP contribution in [0.5, 0.6) is 0 Å². The zero-order valence-electron chi connectivity index (χ0n) is 17.5. The van der Waals surface area contributed by atoms with Crippen molar-refractivity contribution in [3.8, 4) is 0 Å². The molecule has 2 aromatic rings. The van der Waals surface area contributed by atoms with E-state index in [4.69, 9.17) is 0 Å². The van der Waals surface area contributed by atoms with Crippen LogP contribution in [0.25, 0.3) is 0 Å². The Morgan fingerprint density at radius 1 is 1.00 bits per heavy atom. The van der Waals surface area contributed by atoms with E-state index in [-0.39, 0.29) is 18.3 Å². The minimum absolute atomic E-state index is 0.0402.